The summed E-state index contributed by atoms with van der Waals surface area (Å²) in [5.41, 5.74) is 5.68. The van der Waals surface area contributed by atoms with Crippen LogP contribution >= 0.6 is 21.9 Å². The van der Waals surface area contributed by atoms with Gasteiger partial charge < -0.3 is 21.3 Å². The van der Waals surface area contributed by atoms with Crippen molar-refractivity contribution in [2.75, 3.05) is 0 Å². The van der Waals surface area contributed by atoms with Crippen molar-refractivity contribution < 1.29 is 19.8 Å². The van der Waals surface area contributed by atoms with Crippen LogP contribution in [0.2, 0.25) is 0 Å². The molecule has 1 amide bonds. The second-order valence-electron chi connectivity index (χ2n) is 5.09. The van der Waals surface area contributed by atoms with Crippen LogP contribution in [-0.4, -0.2) is 44.8 Å². The highest BCUT2D eigenvalue weighted by molar-refractivity contribution is 7.86. The minimum Gasteiger partial charge on any atom is -0.480 e. The van der Waals surface area contributed by atoms with E-state index in [9.17, 15) is 14.7 Å². The maximum Gasteiger partial charge on any atom is 0.326 e. The number of hydrogen-bond acceptors (Lipinski definition) is 5. The molecule has 0 heterocycles. The first-order chi connectivity index (χ1) is 8.45. The summed E-state index contributed by atoms with van der Waals surface area (Å²) in [6.45, 7) is 4.88. The zero-order valence-corrected chi connectivity index (χ0v) is 13.4. The van der Waals surface area contributed by atoms with E-state index in [0.29, 0.717) is 0 Å². The van der Waals surface area contributed by atoms with Crippen LogP contribution in [-0.2, 0) is 9.59 Å². The van der Waals surface area contributed by atoms with Gasteiger partial charge in [0.25, 0.3) is 0 Å². The van der Waals surface area contributed by atoms with Gasteiger partial charge in [0.1, 0.15) is 6.04 Å². The van der Waals surface area contributed by atoms with E-state index >= 15 is 0 Å². The molecule has 112 valence electrons. The number of nitrogens with one attached hydrogen (secondary N) is 1. The van der Waals surface area contributed by atoms with Crippen molar-refractivity contribution in [2.45, 2.75) is 49.9 Å². The van der Waals surface area contributed by atoms with Gasteiger partial charge in [-0.15, -0.1) is 9.24 Å². The summed E-state index contributed by atoms with van der Waals surface area (Å²) in [5.74, 6) is -2.20. The van der Waals surface area contributed by atoms with Gasteiger partial charge in [-0.3, -0.25) is 4.79 Å². The van der Waals surface area contributed by atoms with Gasteiger partial charge in [-0.05, 0) is 20.3 Å². The Morgan fingerprint density at radius 3 is 2.26 bits per heavy atom. The molecule has 6 atom stereocenters. The Morgan fingerprint density at radius 1 is 1.47 bits per heavy atom. The van der Waals surface area contributed by atoms with Crippen molar-refractivity contribution >= 4 is 33.7 Å². The molecule has 0 saturated carbocycles. The van der Waals surface area contributed by atoms with Gasteiger partial charge in [0.15, 0.2) is 0 Å². The molecule has 0 aliphatic carbocycles. The molecule has 0 aliphatic heterocycles. The number of carbonyl (C=O) groups excluding carboxylic acids is 1. The van der Waals surface area contributed by atoms with Crippen LogP contribution in [0.4, 0.5) is 0 Å². The maximum absolute atomic E-state index is 11.8. The van der Waals surface area contributed by atoms with Crippen LogP contribution in [0.5, 0.6) is 0 Å². The highest BCUT2D eigenvalue weighted by Crippen LogP contribution is 2.28. The number of aliphatic carboxylic acids is 1. The first-order valence-electron chi connectivity index (χ1n) is 5.93. The highest BCUT2D eigenvalue weighted by Gasteiger charge is 2.31. The number of carboxylic acids is 1. The molecule has 0 saturated heterocycles. The maximum atomic E-state index is 11.8. The van der Waals surface area contributed by atoms with Crippen LogP contribution in [0, 0.1) is 5.92 Å². The smallest absolute Gasteiger partial charge is 0.326 e. The van der Waals surface area contributed by atoms with E-state index in [1.54, 1.807) is 13.8 Å². The number of aliphatic hydroxyl groups excluding tert-OH is 1. The molecule has 0 aromatic heterocycles. The van der Waals surface area contributed by atoms with Crippen LogP contribution in [0.1, 0.15) is 27.2 Å². The number of thiol groups is 1. The molecule has 6 unspecified atom stereocenters. The number of aliphatic hydroxyl groups is 1. The summed E-state index contributed by atoms with van der Waals surface area (Å²) in [6.07, 6.45) is -0.613. The third kappa shape index (κ3) is 7.11. The van der Waals surface area contributed by atoms with E-state index < -0.39 is 40.5 Å². The van der Waals surface area contributed by atoms with Gasteiger partial charge in [0.05, 0.1) is 12.1 Å². The topological polar surface area (TPSA) is 113 Å². The van der Waals surface area contributed by atoms with Crippen LogP contribution in [0.3, 0.4) is 0 Å². The molecule has 0 radical (unpaired) electrons. The lowest BCUT2D eigenvalue weighted by molar-refractivity contribution is -0.142. The van der Waals surface area contributed by atoms with Crippen molar-refractivity contribution in [3.8, 4) is 0 Å². The van der Waals surface area contributed by atoms with E-state index in [4.69, 9.17) is 10.8 Å². The van der Waals surface area contributed by atoms with E-state index in [2.05, 4.69) is 27.2 Å². The van der Waals surface area contributed by atoms with Gasteiger partial charge in [0, 0.05) is 10.4 Å². The fourth-order valence-corrected chi connectivity index (χ4v) is 1.84. The molecule has 5 N–H and O–H groups in total. The Balaban J connectivity index is 4.69. The zero-order chi connectivity index (χ0) is 15.4. The predicted molar refractivity (Wildman–Crippen MR) is 80.1 cm³/mol. The molecule has 8 heteroatoms. The first-order valence-corrected chi connectivity index (χ1v) is 6.96. The lowest BCUT2D eigenvalue weighted by Gasteiger charge is -2.26. The van der Waals surface area contributed by atoms with E-state index in [1.807, 2.05) is 0 Å². The number of carbonyl (C=O) groups is 2. The molecule has 0 bridgehead atoms. The SMILES string of the molecule is CC(O)C(C)C(N)C(=O)NC(CC(C)(P)S)C(=O)O. The number of rotatable bonds is 7. The molecule has 0 aliphatic rings. The summed E-state index contributed by atoms with van der Waals surface area (Å²) in [7, 11) is 2.40. The molecule has 0 aromatic rings. The summed E-state index contributed by atoms with van der Waals surface area (Å²) < 4.78 is -0.615. The molecular weight excluding hydrogens is 287 g/mol. The Bertz CT molecular complexity index is 333. The van der Waals surface area contributed by atoms with Gasteiger partial charge in [0.2, 0.25) is 5.91 Å². The molecule has 19 heavy (non-hydrogen) atoms. The second kappa shape index (κ2) is 7.43. The average molecular weight is 310 g/mol. The Hall–Kier alpha value is -0.360. The molecule has 0 spiro atoms. The predicted octanol–water partition coefficient (Wildman–Crippen LogP) is -0.189. The zero-order valence-electron chi connectivity index (χ0n) is 11.3. The largest absolute Gasteiger partial charge is 0.480 e. The average Bonchev–Trinajstić information content (AvgIpc) is 2.23. The third-order valence-electron chi connectivity index (χ3n) is 2.86. The summed E-state index contributed by atoms with van der Waals surface area (Å²) in [4.78, 5) is 22.9. The molecule has 0 aromatic carbocycles. The van der Waals surface area contributed by atoms with Gasteiger partial charge in [-0.1, -0.05) is 6.92 Å². The van der Waals surface area contributed by atoms with Crippen molar-refractivity contribution in [3.63, 3.8) is 0 Å². The first kappa shape index (κ1) is 18.6. The number of nitrogens with two attached hydrogens (primary N) is 1. The summed E-state index contributed by atoms with van der Waals surface area (Å²) >= 11 is 4.21. The monoisotopic (exact) mass is 310 g/mol. The van der Waals surface area contributed by atoms with Gasteiger partial charge in [-0.2, -0.15) is 12.6 Å². The standard InChI is InChI=1S/C11H23N2O4PS/c1-5(6(2)14)8(12)9(15)13-7(10(16)17)4-11(3,18)19/h5-8,14,19H,4,12,18H2,1-3H3,(H,13,15)(H,16,17). The van der Waals surface area contributed by atoms with Crippen LogP contribution < -0.4 is 11.1 Å². The van der Waals surface area contributed by atoms with E-state index in [1.165, 1.54) is 6.92 Å². The number of hydrogen-bond donors (Lipinski definition) is 5. The summed E-state index contributed by atoms with van der Waals surface area (Å²) in [5, 5.41) is 20.8. The summed E-state index contributed by atoms with van der Waals surface area (Å²) in [6, 6.07) is -2.03. The molecule has 0 rings (SSSR count). The third-order valence-corrected chi connectivity index (χ3v) is 3.28. The van der Waals surface area contributed by atoms with Crippen molar-refractivity contribution in [1.29, 1.82) is 0 Å². The minimum atomic E-state index is -1.15. The Labute approximate surface area is 121 Å². The number of carboxylic acid groups (broad SMARTS) is 1. The van der Waals surface area contributed by atoms with Gasteiger partial charge >= 0.3 is 5.97 Å². The van der Waals surface area contributed by atoms with Gasteiger partial charge in [-0.25, -0.2) is 4.79 Å². The number of amides is 1. The molecular formula is C11H23N2O4PS. The fraction of sp³-hybridized carbons (Fsp3) is 0.818. The molecule has 0 fully saturated rings. The normalized spacial score (nSPS) is 20.8. The van der Waals surface area contributed by atoms with E-state index in [-0.39, 0.29) is 6.42 Å². The Kier molecular flexibility index (Phi) is 7.29. The van der Waals surface area contributed by atoms with E-state index in [0.717, 1.165) is 0 Å². The Morgan fingerprint density at radius 2 is 1.95 bits per heavy atom. The second-order valence-corrected chi connectivity index (χ2v) is 7.87. The molecule has 6 nitrogen and oxygen atoms in total. The lowest BCUT2D eigenvalue weighted by atomic mass is 9.96. The quantitative estimate of drug-likeness (QED) is 0.330. The van der Waals surface area contributed by atoms with Crippen molar-refractivity contribution in [2.24, 2.45) is 11.7 Å². The van der Waals surface area contributed by atoms with Crippen molar-refractivity contribution in [1.82, 2.24) is 5.32 Å². The minimum absolute atomic E-state index is 0.137. The van der Waals surface area contributed by atoms with Crippen LogP contribution in [0.15, 0.2) is 0 Å². The highest BCUT2D eigenvalue weighted by atomic mass is 32.1. The lowest BCUT2D eigenvalue weighted by Crippen LogP contribution is -2.53. The van der Waals surface area contributed by atoms with Crippen LogP contribution in [0.25, 0.3) is 0 Å². The fourth-order valence-electron chi connectivity index (χ4n) is 1.42. The van der Waals surface area contributed by atoms with Crippen molar-refractivity contribution in [3.05, 3.63) is 0 Å².